The highest BCUT2D eigenvalue weighted by atomic mass is 35.5. The van der Waals surface area contributed by atoms with Crippen molar-refractivity contribution in [3.8, 4) is 5.75 Å². The van der Waals surface area contributed by atoms with Crippen molar-refractivity contribution in [2.45, 2.75) is 44.3 Å². The molecule has 1 aliphatic rings. The number of nitrogens with two attached hydrogens (primary N) is 1. The molecule has 222 valence electrons. The zero-order valence-corrected chi connectivity index (χ0v) is 24.4. The van der Waals surface area contributed by atoms with Gasteiger partial charge in [0.1, 0.15) is 11.8 Å². The molecule has 2 unspecified atom stereocenters. The van der Waals surface area contributed by atoms with Gasteiger partial charge in [-0.1, -0.05) is 48.0 Å². The molecule has 43 heavy (non-hydrogen) atoms. The summed E-state index contributed by atoms with van der Waals surface area (Å²) in [5.74, 6) is -0.732. The number of anilines is 1. The van der Waals surface area contributed by atoms with Crippen molar-refractivity contribution in [1.29, 1.82) is 0 Å². The molecule has 0 spiro atoms. The van der Waals surface area contributed by atoms with Crippen molar-refractivity contribution in [3.63, 3.8) is 0 Å². The molecule has 0 saturated heterocycles. The standard InChI is InChI=1S/C32H33ClN6O4/c1-19(40)37-23-11-7-21(8-12-23)15-27(29-17-35-18-36-29)38-26-13-14-43-30-24(26)3-2-4-25(30)32(42)39-28(31(34)41)16-20-5-9-22(33)10-6-20/h2-12,17-18,26-28,38H,13-16H2,1H3,(H2,34,41)(H,35,36)(H,37,40)(H,39,42)/t26?,27?,28-/m0/s1. The zero-order valence-electron chi connectivity index (χ0n) is 23.6. The lowest BCUT2D eigenvalue weighted by Crippen LogP contribution is -2.46. The Kier molecular flexibility index (Phi) is 9.38. The van der Waals surface area contributed by atoms with Crippen LogP contribution in [-0.2, 0) is 22.4 Å². The van der Waals surface area contributed by atoms with Crippen LogP contribution in [0.2, 0.25) is 5.02 Å². The Morgan fingerprint density at radius 3 is 2.44 bits per heavy atom. The quantitative estimate of drug-likeness (QED) is 0.174. The van der Waals surface area contributed by atoms with E-state index in [1.165, 1.54) is 6.92 Å². The fourth-order valence-electron chi connectivity index (χ4n) is 5.21. The number of hydrogen-bond donors (Lipinski definition) is 5. The smallest absolute Gasteiger partial charge is 0.255 e. The minimum absolute atomic E-state index is 0.121. The highest BCUT2D eigenvalue weighted by molar-refractivity contribution is 6.30. The summed E-state index contributed by atoms with van der Waals surface area (Å²) in [7, 11) is 0. The lowest BCUT2D eigenvalue weighted by Gasteiger charge is -2.31. The van der Waals surface area contributed by atoms with Gasteiger partial charge < -0.3 is 31.4 Å². The molecule has 1 aliphatic heterocycles. The highest BCUT2D eigenvalue weighted by Crippen LogP contribution is 2.37. The number of primary amides is 1. The van der Waals surface area contributed by atoms with Crippen LogP contribution in [-0.4, -0.2) is 40.3 Å². The van der Waals surface area contributed by atoms with Gasteiger partial charge in [0.15, 0.2) is 0 Å². The van der Waals surface area contributed by atoms with Crippen LogP contribution < -0.4 is 26.4 Å². The van der Waals surface area contributed by atoms with Gasteiger partial charge in [0, 0.05) is 48.3 Å². The van der Waals surface area contributed by atoms with Crippen LogP contribution in [0.25, 0.3) is 0 Å². The van der Waals surface area contributed by atoms with E-state index < -0.39 is 17.9 Å². The Balaban J connectivity index is 1.34. The van der Waals surface area contributed by atoms with Crippen LogP contribution in [0.15, 0.2) is 79.3 Å². The molecule has 0 radical (unpaired) electrons. The highest BCUT2D eigenvalue weighted by Gasteiger charge is 2.30. The monoisotopic (exact) mass is 600 g/mol. The van der Waals surface area contributed by atoms with Crippen LogP contribution in [0.5, 0.6) is 5.75 Å². The number of fused-ring (bicyclic) bond motifs is 1. The van der Waals surface area contributed by atoms with E-state index in [2.05, 4.69) is 25.9 Å². The third kappa shape index (κ3) is 7.59. The molecule has 5 rings (SSSR count). The first-order valence-electron chi connectivity index (χ1n) is 14.0. The molecular weight excluding hydrogens is 568 g/mol. The number of para-hydroxylation sites is 1. The number of imidazole rings is 1. The first-order chi connectivity index (χ1) is 20.8. The van der Waals surface area contributed by atoms with E-state index in [4.69, 9.17) is 22.1 Å². The number of halogens is 1. The predicted octanol–water partition coefficient (Wildman–Crippen LogP) is 4.25. The van der Waals surface area contributed by atoms with Crippen molar-refractivity contribution in [2.75, 3.05) is 11.9 Å². The van der Waals surface area contributed by atoms with E-state index in [9.17, 15) is 14.4 Å². The molecule has 2 heterocycles. The molecule has 3 amide bonds. The number of aromatic nitrogens is 2. The molecule has 0 bridgehead atoms. The van der Waals surface area contributed by atoms with Crippen molar-refractivity contribution in [2.24, 2.45) is 5.73 Å². The number of ether oxygens (including phenoxy) is 1. The molecular formula is C32H33ClN6O4. The molecule has 3 atom stereocenters. The number of benzene rings is 3. The molecule has 3 aromatic carbocycles. The average molecular weight is 601 g/mol. The summed E-state index contributed by atoms with van der Waals surface area (Å²) in [4.78, 5) is 44.5. The molecule has 4 aromatic rings. The summed E-state index contributed by atoms with van der Waals surface area (Å²) >= 11 is 5.98. The number of amides is 3. The van der Waals surface area contributed by atoms with Gasteiger partial charge in [-0.2, -0.15) is 0 Å². The second-order valence-electron chi connectivity index (χ2n) is 10.5. The number of hydrogen-bond acceptors (Lipinski definition) is 6. The number of aromatic amines is 1. The number of carbonyl (C=O) groups is 3. The molecule has 1 aromatic heterocycles. The Bertz CT molecular complexity index is 1570. The van der Waals surface area contributed by atoms with E-state index in [0.717, 1.165) is 28.1 Å². The van der Waals surface area contributed by atoms with Gasteiger partial charge in [-0.25, -0.2) is 4.98 Å². The molecule has 6 N–H and O–H groups in total. The number of carbonyl (C=O) groups excluding carboxylic acids is 3. The summed E-state index contributed by atoms with van der Waals surface area (Å²) in [5, 5.41) is 9.89. The number of nitrogens with one attached hydrogen (secondary N) is 4. The van der Waals surface area contributed by atoms with E-state index in [0.29, 0.717) is 35.8 Å². The minimum Gasteiger partial charge on any atom is -0.492 e. The maximum atomic E-state index is 13.4. The van der Waals surface area contributed by atoms with E-state index in [1.807, 2.05) is 36.4 Å². The Morgan fingerprint density at radius 2 is 1.77 bits per heavy atom. The second-order valence-corrected chi connectivity index (χ2v) is 10.9. The minimum atomic E-state index is -0.913. The van der Waals surface area contributed by atoms with Gasteiger partial charge in [0.2, 0.25) is 11.8 Å². The summed E-state index contributed by atoms with van der Waals surface area (Å²) in [5.41, 5.74) is 10.4. The largest absolute Gasteiger partial charge is 0.492 e. The van der Waals surface area contributed by atoms with Crippen LogP contribution in [0, 0.1) is 0 Å². The second kappa shape index (κ2) is 13.5. The van der Waals surface area contributed by atoms with Gasteiger partial charge in [-0.15, -0.1) is 0 Å². The van der Waals surface area contributed by atoms with Gasteiger partial charge >= 0.3 is 0 Å². The summed E-state index contributed by atoms with van der Waals surface area (Å²) in [6, 6.07) is 19.0. The Hall–Kier alpha value is -4.67. The lowest BCUT2D eigenvalue weighted by molar-refractivity contribution is -0.119. The van der Waals surface area contributed by atoms with Gasteiger partial charge in [-0.05, 0) is 47.9 Å². The van der Waals surface area contributed by atoms with E-state index in [1.54, 1.807) is 42.9 Å². The number of H-pyrrole nitrogens is 1. The average Bonchev–Trinajstić information content (AvgIpc) is 3.53. The van der Waals surface area contributed by atoms with E-state index >= 15 is 0 Å². The molecule has 0 fully saturated rings. The van der Waals surface area contributed by atoms with Crippen LogP contribution >= 0.6 is 11.6 Å². The van der Waals surface area contributed by atoms with Crippen molar-refractivity contribution < 1.29 is 19.1 Å². The summed E-state index contributed by atoms with van der Waals surface area (Å²) in [6.07, 6.45) is 5.00. The third-order valence-corrected chi connectivity index (χ3v) is 7.58. The Morgan fingerprint density at radius 1 is 1.05 bits per heavy atom. The Labute approximate surface area is 254 Å². The first kappa shape index (κ1) is 29.8. The van der Waals surface area contributed by atoms with Gasteiger partial charge in [-0.3, -0.25) is 14.4 Å². The molecule has 11 heteroatoms. The first-order valence-corrected chi connectivity index (χ1v) is 14.4. The van der Waals surface area contributed by atoms with Crippen molar-refractivity contribution >= 4 is 35.0 Å². The SMILES string of the molecule is CC(=O)Nc1ccc(CC(NC2CCOc3c(C(=O)N[C@@H](Cc4ccc(Cl)cc4)C(N)=O)cccc32)c2cnc[nH]2)cc1. The van der Waals surface area contributed by atoms with Crippen LogP contribution in [0.1, 0.15) is 58.2 Å². The van der Waals surface area contributed by atoms with Crippen LogP contribution in [0.4, 0.5) is 5.69 Å². The summed E-state index contributed by atoms with van der Waals surface area (Å²) in [6.45, 7) is 1.88. The molecule has 0 saturated carbocycles. The van der Waals surface area contributed by atoms with Crippen molar-refractivity contribution in [3.05, 3.63) is 112 Å². The number of nitrogens with zero attached hydrogens (tertiary/aromatic N) is 1. The van der Waals surface area contributed by atoms with Gasteiger partial charge in [0.05, 0.1) is 30.2 Å². The van der Waals surface area contributed by atoms with Gasteiger partial charge in [0.25, 0.3) is 5.91 Å². The maximum absolute atomic E-state index is 13.4. The zero-order chi connectivity index (χ0) is 30.3. The molecule has 0 aliphatic carbocycles. The number of rotatable bonds is 11. The fraction of sp³-hybridized carbons (Fsp3) is 0.250. The topological polar surface area (TPSA) is 151 Å². The van der Waals surface area contributed by atoms with E-state index in [-0.39, 0.29) is 24.4 Å². The normalized spacial score (nSPS) is 15.4. The maximum Gasteiger partial charge on any atom is 0.255 e. The summed E-state index contributed by atoms with van der Waals surface area (Å²) < 4.78 is 6.03. The lowest BCUT2D eigenvalue weighted by atomic mass is 9.94. The predicted molar refractivity (Wildman–Crippen MR) is 164 cm³/mol. The fourth-order valence-corrected chi connectivity index (χ4v) is 5.34. The third-order valence-electron chi connectivity index (χ3n) is 7.33. The van der Waals surface area contributed by atoms with Crippen molar-refractivity contribution in [1.82, 2.24) is 20.6 Å². The molecule has 10 nitrogen and oxygen atoms in total. The van der Waals surface area contributed by atoms with Crippen LogP contribution in [0.3, 0.4) is 0 Å².